The number of hydrogen-bond donors (Lipinski definition) is 2. The maximum absolute atomic E-state index is 14.2. The molecule has 4 aromatic rings. The van der Waals surface area contributed by atoms with Crippen LogP contribution in [-0.4, -0.2) is 31.1 Å². The van der Waals surface area contributed by atoms with Crippen LogP contribution in [0.5, 0.6) is 0 Å². The van der Waals surface area contributed by atoms with Gasteiger partial charge in [0, 0.05) is 33.2 Å². The summed E-state index contributed by atoms with van der Waals surface area (Å²) < 4.78 is 26.4. The van der Waals surface area contributed by atoms with Crippen LogP contribution >= 0.6 is 7.60 Å². The van der Waals surface area contributed by atoms with Gasteiger partial charge >= 0.3 is 7.60 Å². The summed E-state index contributed by atoms with van der Waals surface area (Å²) in [5.74, 6) is 0. The van der Waals surface area contributed by atoms with E-state index in [1.807, 2.05) is 65.8 Å². The number of fused-ring (bicyclic) bond motifs is 8. The fourth-order valence-corrected chi connectivity index (χ4v) is 7.80. The van der Waals surface area contributed by atoms with Gasteiger partial charge < -0.3 is 9.97 Å². The number of nitrogens with zero attached hydrogens (tertiary/aromatic N) is 2. The van der Waals surface area contributed by atoms with E-state index in [9.17, 15) is 4.57 Å². The normalized spacial score (nSPS) is 13.5. The van der Waals surface area contributed by atoms with Crippen LogP contribution in [0, 0.1) is 20.8 Å². The average Bonchev–Trinajstić information content (AvgIpc) is 3.76. The van der Waals surface area contributed by atoms with E-state index in [-0.39, 0.29) is 0 Å². The quantitative estimate of drug-likeness (QED) is 0.191. The smallest absolute Gasteiger partial charge is 0.355 e. The Morgan fingerprint density at radius 1 is 0.556 bits per heavy atom. The molecule has 2 N–H and O–H groups in total. The van der Waals surface area contributed by atoms with Gasteiger partial charge in [-0.1, -0.05) is 12.1 Å². The Morgan fingerprint density at radius 2 is 0.933 bits per heavy atom. The fourth-order valence-electron chi connectivity index (χ4n) is 5.60. The molecule has 0 unspecified atom stereocenters. The van der Waals surface area contributed by atoms with Gasteiger partial charge in [0.1, 0.15) is 0 Å². The van der Waals surface area contributed by atoms with Crippen molar-refractivity contribution in [2.45, 2.75) is 73.5 Å². The monoisotopic (exact) mass is 620 g/mol. The number of hydrogen-bond acceptors (Lipinski definition) is 5. The van der Waals surface area contributed by atoms with Gasteiger partial charge in [0.25, 0.3) is 0 Å². The minimum absolute atomic E-state index is 0.515. The lowest BCUT2D eigenvalue weighted by atomic mass is 10.1. The van der Waals surface area contributed by atoms with Crippen LogP contribution in [-0.2, 0) is 13.6 Å². The highest BCUT2D eigenvalue weighted by Gasteiger charge is 2.37. The van der Waals surface area contributed by atoms with Gasteiger partial charge in [-0.05, 0) is 140 Å². The number of aryl methyl sites for hydroxylation is 2. The summed E-state index contributed by atoms with van der Waals surface area (Å²) in [6.07, 6.45) is 8.24. The van der Waals surface area contributed by atoms with Gasteiger partial charge in [-0.25, -0.2) is 9.97 Å². The van der Waals surface area contributed by atoms with Gasteiger partial charge in [0.05, 0.1) is 39.3 Å². The number of aromatic nitrogens is 4. The number of benzene rings is 1. The second kappa shape index (κ2) is 11.1. The van der Waals surface area contributed by atoms with Crippen molar-refractivity contribution in [2.24, 2.45) is 0 Å². The number of aromatic amines is 2. The molecule has 2 aliphatic rings. The number of nitrogens with one attached hydrogen (secondary N) is 2. The summed E-state index contributed by atoms with van der Waals surface area (Å²) >= 11 is 0. The Morgan fingerprint density at radius 3 is 1.33 bits per heavy atom. The summed E-state index contributed by atoms with van der Waals surface area (Å²) in [6, 6.07) is 16.1. The molecule has 0 atom stereocenters. The minimum atomic E-state index is -3.63. The van der Waals surface area contributed by atoms with E-state index in [0.29, 0.717) is 5.30 Å². The highest BCUT2D eigenvalue weighted by atomic mass is 31.2. The zero-order valence-corrected chi connectivity index (χ0v) is 28.4. The first kappa shape index (κ1) is 31.0. The van der Waals surface area contributed by atoms with E-state index in [2.05, 4.69) is 79.3 Å². The van der Waals surface area contributed by atoms with Gasteiger partial charge in [-0.2, -0.15) is 0 Å². The molecule has 232 valence electrons. The van der Waals surface area contributed by atoms with Crippen LogP contribution in [0.25, 0.3) is 57.5 Å². The SMILES string of the molecule is Cc1c2nc(c(C)c3ccc([nH]3)c(-c3ccc(P(=O)(OC(C)(C)C)OC(C)(C)C)cc3)c3ccc([nH]3)c(C)c3nc1C=C3)C=C2. The fraction of sp³-hybridized carbons (Fsp3) is 0.297. The first-order chi connectivity index (χ1) is 21.1. The van der Waals surface area contributed by atoms with Crippen LogP contribution in [0.15, 0.2) is 48.5 Å². The summed E-state index contributed by atoms with van der Waals surface area (Å²) in [5.41, 5.74) is 11.3. The second-order valence-electron chi connectivity index (χ2n) is 13.7. The third kappa shape index (κ3) is 6.26. The maximum atomic E-state index is 14.2. The van der Waals surface area contributed by atoms with Crippen molar-refractivity contribution in [1.29, 1.82) is 0 Å². The molecule has 0 spiro atoms. The van der Waals surface area contributed by atoms with Crippen LogP contribution in [0.1, 0.15) is 81.0 Å². The van der Waals surface area contributed by atoms with Gasteiger partial charge in [-0.15, -0.1) is 0 Å². The number of H-pyrrole nitrogens is 2. The van der Waals surface area contributed by atoms with Gasteiger partial charge in [-0.3, -0.25) is 13.6 Å². The Bertz CT molecular complexity index is 1960. The predicted octanol–water partition coefficient (Wildman–Crippen LogP) is 9.70. The standard InChI is InChI=1S/C37H41N4O3P/c1-22-27-14-16-29(38-27)23(2)31-18-20-33(40-31)35(34-21-19-32(41-34)24(3)30-17-15-28(22)39-30)25-10-12-26(13-11-25)45(42,43-36(4,5)6)44-37(7,8)9/h10-21,40-41H,1-9H3. The molecule has 0 radical (unpaired) electrons. The molecule has 0 aliphatic carbocycles. The summed E-state index contributed by atoms with van der Waals surface area (Å²) in [7, 11) is -3.63. The molecule has 1 aromatic carbocycles. The van der Waals surface area contributed by atoms with Gasteiger partial charge in [0.2, 0.25) is 0 Å². The molecular formula is C37H41N4O3P. The lowest BCUT2D eigenvalue weighted by Gasteiger charge is -2.32. The molecule has 8 heteroatoms. The molecule has 8 bridgehead atoms. The van der Waals surface area contributed by atoms with E-state index in [0.717, 1.165) is 72.7 Å². The highest BCUT2D eigenvalue weighted by Crippen LogP contribution is 2.53. The van der Waals surface area contributed by atoms with E-state index in [4.69, 9.17) is 19.0 Å². The van der Waals surface area contributed by atoms with Crippen LogP contribution in [0.3, 0.4) is 0 Å². The molecule has 3 aromatic heterocycles. The number of rotatable bonds is 4. The lowest BCUT2D eigenvalue weighted by molar-refractivity contribution is 0.0548. The van der Waals surface area contributed by atoms with Crippen molar-refractivity contribution in [1.82, 2.24) is 19.9 Å². The summed E-state index contributed by atoms with van der Waals surface area (Å²) in [6.45, 7) is 17.5. The molecule has 0 amide bonds. The second-order valence-corrected chi connectivity index (χ2v) is 15.6. The first-order valence-electron chi connectivity index (χ1n) is 15.3. The zero-order valence-electron chi connectivity index (χ0n) is 27.5. The van der Waals surface area contributed by atoms with Crippen molar-refractivity contribution in [3.05, 3.63) is 88.0 Å². The van der Waals surface area contributed by atoms with Gasteiger partial charge in [0.15, 0.2) is 0 Å². The lowest BCUT2D eigenvalue weighted by Crippen LogP contribution is -2.28. The molecule has 5 heterocycles. The predicted molar refractivity (Wildman–Crippen MR) is 187 cm³/mol. The van der Waals surface area contributed by atoms with Crippen LogP contribution < -0.4 is 5.30 Å². The molecule has 6 rings (SSSR count). The van der Waals surface area contributed by atoms with Crippen molar-refractivity contribution in [2.75, 3.05) is 0 Å². The van der Waals surface area contributed by atoms with Crippen LogP contribution in [0.4, 0.5) is 0 Å². The zero-order chi connectivity index (χ0) is 32.3. The summed E-state index contributed by atoms with van der Waals surface area (Å²) in [5, 5.41) is 0.515. The van der Waals surface area contributed by atoms with Crippen molar-refractivity contribution >= 4 is 59.3 Å². The van der Waals surface area contributed by atoms with E-state index >= 15 is 0 Å². The van der Waals surface area contributed by atoms with Crippen molar-refractivity contribution in [3.8, 4) is 11.1 Å². The third-order valence-electron chi connectivity index (χ3n) is 7.80. The molecule has 0 saturated carbocycles. The molecule has 45 heavy (non-hydrogen) atoms. The van der Waals surface area contributed by atoms with Crippen LogP contribution in [0.2, 0.25) is 0 Å². The Hall–Kier alpha value is -4.03. The maximum Gasteiger partial charge on any atom is 0.362 e. The molecule has 2 aliphatic heterocycles. The largest absolute Gasteiger partial charge is 0.362 e. The first-order valence-corrected chi connectivity index (χ1v) is 16.8. The average molecular weight is 621 g/mol. The topological polar surface area (TPSA) is 92.9 Å². The molecule has 0 saturated heterocycles. The Kier molecular flexibility index (Phi) is 7.64. The van der Waals surface area contributed by atoms with E-state index in [1.54, 1.807) is 0 Å². The summed E-state index contributed by atoms with van der Waals surface area (Å²) in [4.78, 5) is 17.2. The Labute approximate surface area is 265 Å². The highest BCUT2D eigenvalue weighted by molar-refractivity contribution is 7.62. The van der Waals surface area contributed by atoms with Crippen molar-refractivity contribution < 1.29 is 13.6 Å². The molecular weight excluding hydrogens is 579 g/mol. The minimum Gasteiger partial charge on any atom is -0.355 e. The Balaban J connectivity index is 1.60. The van der Waals surface area contributed by atoms with E-state index < -0.39 is 18.8 Å². The van der Waals surface area contributed by atoms with E-state index in [1.165, 1.54) is 0 Å². The van der Waals surface area contributed by atoms with Crippen molar-refractivity contribution in [3.63, 3.8) is 0 Å². The molecule has 0 fully saturated rings. The molecule has 7 nitrogen and oxygen atoms in total. The third-order valence-corrected chi connectivity index (χ3v) is 10.3.